The number of nitrogens with one attached hydrogen (secondary N) is 1. The minimum absolute atomic E-state index is 0.00289. The SMILES string of the molecule is CC(=O)O[C@H]1C(=O)[C@@]2(C)[C@H]([C@H](OC(=O)c3ccccc3)[C@]3(O)C[C@H](OC(=O)[C@H](O)[C@@H](NC(=O)c4ccccc4)c4ccccc4)C(C)=C1C3(C)C)[C@]1(OC(C)=O)CO[C@@H]1C[C@@H]2O.CC[C@@]1(O)C(=O)OCc2c1cc1n(c2=O)Cc2cc3ccccc3nc2-1.O=C(O)CCCc1ccc(N(CCCl)CCCl)cc1. The van der Waals surface area contributed by atoms with Crippen molar-refractivity contribution < 1.29 is 92.3 Å². The second-order valence-corrected chi connectivity index (χ2v) is 29.2. The molecule has 0 unspecified atom stereocenters. The summed E-state index contributed by atoms with van der Waals surface area (Å²) < 4.78 is 37.0. The number of carboxylic acids is 1. The second kappa shape index (κ2) is 32.0. The number of aliphatic hydroxyl groups is 4. The van der Waals surface area contributed by atoms with E-state index in [2.05, 4.69) is 10.2 Å². The Labute approximate surface area is 627 Å². The van der Waals surface area contributed by atoms with E-state index in [9.17, 15) is 58.8 Å². The maximum atomic E-state index is 15.5. The number of halogens is 2. The Hall–Kier alpha value is -9.66. The molecule has 13 rings (SSSR count). The number of aliphatic carboxylic acids is 1. The van der Waals surface area contributed by atoms with Gasteiger partial charge in [0.05, 0.1) is 64.7 Å². The number of alkyl halides is 2. The third-order valence-corrected chi connectivity index (χ3v) is 22.1. The van der Waals surface area contributed by atoms with E-state index in [1.54, 1.807) is 110 Å². The van der Waals surface area contributed by atoms with Crippen molar-refractivity contribution in [2.75, 3.05) is 36.4 Å². The number of rotatable bonds is 20. The maximum absolute atomic E-state index is 15.5. The standard InChI is InChI=1S/C47H51NO14.C20H16N2O4.C14H19Cl2NO2/c1-25-31(60-43(56)36(52)35(28-16-10-7-11-17-28)48-41(54)29-18-12-8-13-19-29)23-47(57)40(61-42(55)30-20-14-9-15-21-30)38-45(6,32(51)22-33-46(38,24-58-33)62-27(3)50)39(53)37(59-26(2)49)34(25)44(47,4)5;1-2-20(25)14-8-16-17-12(7-11-5-3-4-6-15(11)21-17)9-22(16)18(23)13(14)10-26-19(20)24;15-8-10-17(11-9-16)13-6-4-12(5-7-13)2-1-3-14(18)19/h7-21,31-33,35-38,40,51-52,57H,22-24H2,1-6H3,(H,48,54);3-8,25H,2,9-10H2,1H3;4-7H,1-3,8-11H2,(H,18,19)/t31-,32-,33+,35-,36+,37+,38-,40-,45+,46-,47+;20-;/m00./s1. The number of hydrogen-bond donors (Lipinski definition) is 6. The number of Topliss-reactive ketones (excluding diaryl/α,β-unsaturated/α-hetero) is 1. The normalized spacial score (nSPS) is 25.3. The van der Waals surface area contributed by atoms with Crippen LogP contribution < -0.4 is 15.8 Å². The van der Waals surface area contributed by atoms with E-state index >= 15 is 4.79 Å². The van der Waals surface area contributed by atoms with Crippen LogP contribution in [0.15, 0.2) is 168 Å². The molecule has 26 heteroatoms. The number of cyclic esters (lactones) is 1. The summed E-state index contributed by atoms with van der Waals surface area (Å²) in [6, 6.07) is 42.6. The van der Waals surface area contributed by atoms with E-state index in [1.807, 2.05) is 54.6 Å². The number of anilines is 1. The fraction of sp³-hybridized carbons (Fsp3) is 0.407. The van der Waals surface area contributed by atoms with Crippen LogP contribution >= 0.6 is 23.2 Å². The summed E-state index contributed by atoms with van der Waals surface area (Å²) in [4.78, 5) is 126. The van der Waals surface area contributed by atoms with Crippen LogP contribution in [0.1, 0.15) is 135 Å². The summed E-state index contributed by atoms with van der Waals surface area (Å²) in [5, 5.41) is 60.7. The highest BCUT2D eigenvalue weighted by atomic mass is 35.5. The maximum Gasteiger partial charge on any atom is 0.343 e. The quantitative estimate of drug-likeness (QED) is 0.0179. The molecule has 1 amide bonds. The molecule has 3 fully saturated rings. The first kappa shape index (κ1) is 78.4. The predicted molar refractivity (Wildman–Crippen MR) is 393 cm³/mol. The van der Waals surface area contributed by atoms with Crippen molar-refractivity contribution in [2.24, 2.45) is 16.7 Å². The van der Waals surface area contributed by atoms with Crippen molar-refractivity contribution in [3.05, 3.63) is 212 Å². The van der Waals surface area contributed by atoms with Gasteiger partial charge in [-0.05, 0) is 110 Å². The van der Waals surface area contributed by atoms with Gasteiger partial charge in [0.1, 0.15) is 30.5 Å². The van der Waals surface area contributed by atoms with Crippen molar-refractivity contribution in [3.8, 4) is 11.4 Å². The Morgan fingerprint density at radius 1 is 0.794 bits per heavy atom. The van der Waals surface area contributed by atoms with Crippen molar-refractivity contribution >= 4 is 87.3 Å². The van der Waals surface area contributed by atoms with Crippen LogP contribution in [-0.4, -0.2) is 162 Å². The number of ketones is 1. The summed E-state index contributed by atoms with van der Waals surface area (Å²) in [5.74, 6) is -7.16. The molecule has 7 aromatic rings. The van der Waals surface area contributed by atoms with Gasteiger partial charge in [0, 0.05) is 91.1 Å². The lowest BCUT2D eigenvalue weighted by Gasteiger charge is -2.67. The molecule has 2 aromatic heterocycles. The number of carbonyl (C=O) groups is 8. The molecule has 2 bridgehead atoms. The molecule has 0 radical (unpaired) electrons. The molecule has 5 aromatic carbocycles. The van der Waals surface area contributed by atoms with Crippen LogP contribution in [0.3, 0.4) is 0 Å². The van der Waals surface area contributed by atoms with Gasteiger partial charge >= 0.3 is 35.8 Å². The first-order valence-electron chi connectivity index (χ1n) is 35.4. The van der Waals surface area contributed by atoms with E-state index in [1.165, 1.54) is 26.0 Å². The zero-order chi connectivity index (χ0) is 77.1. The molecule has 12 atom stereocenters. The molecule has 107 heavy (non-hydrogen) atoms. The lowest BCUT2D eigenvalue weighted by molar-refractivity contribution is -0.346. The van der Waals surface area contributed by atoms with Crippen LogP contribution in [0.2, 0.25) is 0 Å². The first-order chi connectivity index (χ1) is 51.0. The number of carboxylic acid groups (broad SMARTS) is 1. The minimum Gasteiger partial charge on any atom is -0.481 e. The summed E-state index contributed by atoms with van der Waals surface area (Å²) in [7, 11) is 0. The van der Waals surface area contributed by atoms with Gasteiger partial charge in [-0.1, -0.05) is 118 Å². The zero-order valence-corrected chi connectivity index (χ0v) is 61.7. The largest absolute Gasteiger partial charge is 0.481 e. The van der Waals surface area contributed by atoms with E-state index in [4.69, 9.17) is 61.7 Å². The number of fused-ring (bicyclic) bond motifs is 10. The molecule has 5 heterocycles. The molecule has 3 aliphatic heterocycles. The highest BCUT2D eigenvalue weighted by Crippen LogP contribution is 2.64. The van der Waals surface area contributed by atoms with E-state index in [-0.39, 0.29) is 60.3 Å². The molecular weight excluding hydrogens is 1420 g/mol. The Balaban J connectivity index is 0.000000204. The predicted octanol–water partition coefficient (Wildman–Crippen LogP) is 9.19. The lowest BCUT2D eigenvalue weighted by atomic mass is 9.44. The molecule has 1 saturated heterocycles. The molecule has 3 aliphatic carbocycles. The average Bonchev–Trinajstić information content (AvgIpc) is 1.51. The first-order valence-corrected chi connectivity index (χ1v) is 36.5. The highest BCUT2D eigenvalue weighted by Gasteiger charge is 2.78. The number of ether oxygens (including phenoxy) is 6. The molecule has 2 saturated carbocycles. The van der Waals surface area contributed by atoms with E-state index in [0.717, 1.165) is 66.8 Å². The number of aryl methyl sites for hydroxylation is 1. The van der Waals surface area contributed by atoms with Gasteiger partial charge in [-0.2, -0.15) is 0 Å². The van der Waals surface area contributed by atoms with Crippen molar-refractivity contribution in [1.29, 1.82) is 0 Å². The third kappa shape index (κ3) is 15.1. The summed E-state index contributed by atoms with van der Waals surface area (Å²) >= 11 is 11.5. The molecular formula is C81H86Cl2N4O20. The Morgan fingerprint density at radius 3 is 2.02 bits per heavy atom. The van der Waals surface area contributed by atoms with Crippen LogP contribution in [0.4, 0.5) is 5.69 Å². The number of amides is 1. The number of carbonyl (C=O) groups excluding carboxylic acids is 7. The van der Waals surface area contributed by atoms with Gasteiger partial charge in [0.25, 0.3) is 11.5 Å². The Kier molecular flexibility index (Phi) is 23.5. The van der Waals surface area contributed by atoms with Crippen molar-refractivity contribution in [2.45, 2.75) is 160 Å². The number of aliphatic hydroxyl groups excluding tert-OH is 2. The van der Waals surface area contributed by atoms with Gasteiger partial charge < -0.3 is 68.7 Å². The summed E-state index contributed by atoms with van der Waals surface area (Å²) in [5.41, 5.74) is -2.95. The number of hydrogen-bond acceptors (Lipinski definition) is 21. The van der Waals surface area contributed by atoms with Crippen LogP contribution in [0.5, 0.6) is 0 Å². The minimum atomic E-state index is -2.39. The number of nitrogens with zero attached hydrogens (tertiary/aromatic N) is 3. The number of para-hydroxylation sites is 1. The molecule has 564 valence electrons. The molecule has 6 aliphatic rings. The van der Waals surface area contributed by atoms with Crippen LogP contribution in [-0.2, 0) is 82.4 Å². The molecule has 0 spiro atoms. The fourth-order valence-corrected chi connectivity index (χ4v) is 16.4. The molecule has 6 N–H and O–H groups in total. The van der Waals surface area contributed by atoms with Gasteiger partial charge in [-0.3, -0.25) is 28.8 Å². The summed E-state index contributed by atoms with van der Waals surface area (Å²) in [6.07, 6.45) is -8.70. The lowest BCUT2D eigenvalue weighted by Crippen LogP contribution is -2.82. The zero-order valence-electron chi connectivity index (χ0n) is 60.2. The van der Waals surface area contributed by atoms with Crippen molar-refractivity contribution in [1.82, 2.24) is 14.9 Å². The van der Waals surface area contributed by atoms with Crippen LogP contribution in [0, 0.1) is 16.7 Å². The number of esters is 5. The topological polar surface area (TPSA) is 343 Å². The average molecular weight is 1510 g/mol. The second-order valence-electron chi connectivity index (χ2n) is 28.4. The Bertz CT molecular complexity index is 4630. The third-order valence-electron chi connectivity index (χ3n) is 21.8. The number of benzene rings is 5. The van der Waals surface area contributed by atoms with Gasteiger partial charge in [0.15, 0.2) is 29.2 Å². The Morgan fingerprint density at radius 2 is 1.42 bits per heavy atom. The van der Waals surface area contributed by atoms with Crippen molar-refractivity contribution in [3.63, 3.8) is 0 Å². The van der Waals surface area contributed by atoms with Crippen LogP contribution in [0.25, 0.3) is 22.3 Å². The van der Waals surface area contributed by atoms with Gasteiger partial charge in [0.2, 0.25) is 0 Å². The molecule has 24 nitrogen and oxygen atoms in total. The van der Waals surface area contributed by atoms with E-state index in [0.29, 0.717) is 47.1 Å². The highest BCUT2D eigenvalue weighted by molar-refractivity contribution is 6.18. The summed E-state index contributed by atoms with van der Waals surface area (Å²) in [6.45, 7) is 11.5. The van der Waals surface area contributed by atoms with Gasteiger partial charge in [-0.15, -0.1) is 23.2 Å². The van der Waals surface area contributed by atoms with E-state index < -0.39 is 130 Å². The monoisotopic (exact) mass is 1500 g/mol. The smallest absolute Gasteiger partial charge is 0.343 e. The number of pyridine rings is 2. The van der Waals surface area contributed by atoms with Gasteiger partial charge in [-0.25, -0.2) is 19.4 Å². The fourth-order valence-electron chi connectivity index (χ4n) is 16.0. The number of aromatic nitrogens is 2.